The number of amides is 2. The molecule has 1 aliphatic rings. The molecule has 0 radical (unpaired) electrons. The van der Waals surface area contributed by atoms with Crippen molar-refractivity contribution in [1.29, 1.82) is 0 Å². The monoisotopic (exact) mass is 307 g/mol. The van der Waals surface area contributed by atoms with E-state index in [1.54, 1.807) is 14.2 Å². The third kappa shape index (κ3) is 3.88. The fourth-order valence-electron chi connectivity index (χ4n) is 2.38. The Morgan fingerprint density at radius 3 is 2.86 bits per heavy atom. The molecule has 1 atom stereocenters. The third-order valence-corrected chi connectivity index (χ3v) is 3.46. The Morgan fingerprint density at radius 2 is 2.18 bits per heavy atom. The molecule has 2 amide bonds. The van der Waals surface area contributed by atoms with Gasteiger partial charge in [0, 0.05) is 13.1 Å². The maximum absolute atomic E-state index is 12.0. The Balaban J connectivity index is 1.88. The summed E-state index contributed by atoms with van der Waals surface area (Å²) in [6, 6.07) is 5.11. The molecule has 1 fully saturated rings. The second kappa shape index (κ2) is 7.65. The maximum Gasteiger partial charge on any atom is 0.243 e. The fourth-order valence-corrected chi connectivity index (χ4v) is 2.38. The molecule has 0 aromatic heterocycles. The summed E-state index contributed by atoms with van der Waals surface area (Å²) >= 11 is 0. The largest absolute Gasteiger partial charge is 0.493 e. The Bertz CT molecular complexity index is 548. The van der Waals surface area contributed by atoms with Crippen LogP contribution in [0.1, 0.15) is 5.56 Å². The molecule has 0 aliphatic carbocycles. The molecule has 7 heteroatoms. The van der Waals surface area contributed by atoms with E-state index in [0.717, 1.165) is 5.56 Å². The zero-order valence-electron chi connectivity index (χ0n) is 12.8. The van der Waals surface area contributed by atoms with Crippen molar-refractivity contribution in [1.82, 2.24) is 16.0 Å². The summed E-state index contributed by atoms with van der Waals surface area (Å²) < 4.78 is 10.6. The van der Waals surface area contributed by atoms with Crippen LogP contribution in [0.25, 0.3) is 0 Å². The van der Waals surface area contributed by atoms with E-state index in [9.17, 15) is 9.59 Å². The predicted molar refractivity (Wildman–Crippen MR) is 81.1 cm³/mol. The van der Waals surface area contributed by atoms with Gasteiger partial charge in [0.15, 0.2) is 11.5 Å². The number of carbonyl (C=O) groups excluding carboxylic acids is 2. The van der Waals surface area contributed by atoms with Crippen molar-refractivity contribution in [3.63, 3.8) is 0 Å². The van der Waals surface area contributed by atoms with Gasteiger partial charge in [-0.15, -0.1) is 0 Å². The van der Waals surface area contributed by atoms with Gasteiger partial charge in [0.05, 0.1) is 20.8 Å². The number of hydrogen-bond donors (Lipinski definition) is 3. The lowest BCUT2D eigenvalue weighted by atomic mass is 10.1. The molecule has 1 aromatic rings. The van der Waals surface area contributed by atoms with Crippen LogP contribution in [0.4, 0.5) is 0 Å². The molecular formula is C15H21N3O4. The van der Waals surface area contributed by atoms with E-state index in [2.05, 4.69) is 16.0 Å². The van der Waals surface area contributed by atoms with Gasteiger partial charge >= 0.3 is 0 Å². The van der Waals surface area contributed by atoms with Crippen LogP contribution in [0, 0.1) is 0 Å². The Hall–Kier alpha value is -2.28. The summed E-state index contributed by atoms with van der Waals surface area (Å²) in [7, 11) is 3.17. The van der Waals surface area contributed by atoms with Crippen molar-refractivity contribution in [2.45, 2.75) is 12.5 Å². The molecule has 7 nitrogen and oxygen atoms in total. The number of piperazine rings is 1. The highest BCUT2D eigenvalue weighted by Crippen LogP contribution is 2.30. The highest BCUT2D eigenvalue weighted by molar-refractivity contribution is 5.89. The fraction of sp³-hybridized carbons (Fsp3) is 0.467. The Morgan fingerprint density at radius 1 is 1.36 bits per heavy atom. The zero-order chi connectivity index (χ0) is 15.9. The first kappa shape index (κ1) is 16.1. The van der Waals surface area contributed by atoms with Crippen LogP contribution in [0.5, 0.6) is 11.5 Å². The first-order valence-electron chi connectivity index (χ1n) is 7.13. The topological polar surface area (TPSA) is 88.7 Å². The Labute approximate surface area is 129 Å². The molecule has 0 bridgehead atoms. The minimum absolute atomic E-state index is 0.166. The molecule has 0 spiro atoms. The van der Waals surface area contributed by atoms with Gasteiger partial charge in [0.2, 0.25) is 11.8 Å². The third-order valence-electron chi connectivity index (χ3n) is 3.46. The second-order valence-corrected chi connectivity index (χ2v) is 4.94. The van der Waals surface area contributed by atoms with Crippen LogP contribution in [-0.4, -0.2) is 51.7 Å². The molecular weight excluding hydrogens is 286 g/mol. The summed E-state index contributed by atoms with van der Waals surface area (Å²) in [6.07, 6.45) is 0.611. The van der Waals surface area contributed by atoms with Crippen LogP contribution in [0.3, 0.4) is 0 Å². The normalized spacial score (nSPS) is 17.5. The summed E-state index contributed by atoms with van der Waals surface area (Å²) in [5.41, 5.74) is 0.952. The van der Waals surface area contributed by atoms with Crippen molar-refractivity contribution in [2.24, 2.45) is 0 Å². The van der Waals surface area contributed by atoms with Crippen LogP contribution in [0.2, 0.25) is 0 Å². The standard InChI is InChI=1S/C15H21N3O4/c1-21-12-5-3-4-10(14(12)22-2)6-7-17-15(20)11-8-16-9-13(19)18-11/h3-5,11,16H,6-9H2,1-2H3,(H,17,20)(H,18,19). The van der Waals surface area contributed by atoms with Crippen molar-refractivity contribution in [2.75, 3.05) is 33.9 Å². The van der Waals surface area contributed by atoms with Gasteiger partial charge in [-0.25, -0.2) is 0 Å². The summed E-state index contributed by atoms with van der Waals surface area (Å²) in [5, 5.41) is 8.37. The molecule has 1 aliphatic heterocycles. The van der Waals surface area contributed by atoms with Crippen molar-refractivity contribution < 1.29 is 19.1 Å². The van der Waals surface area contributed by atoms with Crippen molar-refractivity contribution in [3.8, 4) is 11.5 Å². The van der Waals surface area contributed by atoms with E-state index >= 15 is 0 Å². The van der Waals surface area contributed by atoms with Gasteiger partial charge < -0.3 is 25.4 Å². The van der Waals surface area contributed by atoms with Crippen LogP contribution in [0.15, 0.2) is 18.2 Å². The summed E-state index contributed by atoms with van der Waals surface area (Å²) in [5.74, 6) is 0.977. The van der Waals surface area contributed by atoms with Gasteiger partial charge in [-0.3, -0.25) is 9.59 Å². The molecule has 2 rings (SSSR count). The first-order valence-corrected chi connectivity index (χ1v) is 7.13. The molecule has 22 heavy (non-hydrogen) atoms. The number of carbonyl (C=O) groups is 2. The summed E-state index contributed by atoms with van der Waals surface area (Å²) in [4.78, 5) is 23.2. The van der Waals surface area contributed by atoms with E-state index in [1.165, 1.54) is 0 Å². The molecule has 1 heterocycles. The SMILES string of the molecule is COc1cccc(CCNC(=O)C2CNCC(=O)N2)c1OC. The van der Waals surface area contributed by atoms with Crippen molar-refractivity contribution >= 4 is 11.8 Å². The maximum atomic E-state index is 12.0. The summed E-state index contributed by atoms with van der Waals surface area (Å²) in [6.45, 7) is 1.15. The number of benzene rings is 1. The lowest BCUT2D eigenvalue weighted by Crippen LogP contribution is -2.58. The predicted octanol–water partition coefficient (Wildman–Crippen LogP) is -0.549. The van der Waals surface area contributed by atoms with Gasteiger partial charge in [-0.2, -0.15) is 0 Å². The van der Waals surface area contributed by atoms with Crippen molar-refractivity contribution in [3.05, 3.63) is 23.8 Å². The highest BCUT2D eigenvalue weighted by Gasteiger charge is 2.23. The number of nitrogens with one attached hydrogen (secondary N) is 3. The van der Waals surface area contributed by atoms with Crippen LogP contribution in [-0.2, 0) is 16.0 Å². The molecule has 3 N–H and O–H groups in total. The van der Waals surface area contributed by atoms with E-state index in [0.29, 0.717) is 31.0 Å². The van der Waals surface area contributed by atoms with Crippen LogP contribution >= 0.6 is 0 Å². The van der Waals surface area contributed by atoms with E-state index in [-0.39, 0.29) is 18.4 Å². The molecule has 1 unspecified atom stereocenters. The molecule has 1 aromatic carbocycles. The second-order valence-electron chi connectivity index (χ2n) is 4.94. The van der Waals surface area contributed by atoms with Gasteiger partial charge in [-0.1, -0.05) is 12.1 Å². The quantitative estimate of drug-likeness (QED) is 0.656. The Kier molecular flexibility index (Phi) is 5.60. The van der Waals surface area contributed by atoms with Gasteiger partial charge in [0.25, 0.3) is 0 Å². The smallest absolute Gasteiger partial charge is 0.243 e. The number of rotatable bonds is 6. The van der Waals surface area contributed by atoms with E-state index in [1.807, 2.05) is 18.2 Å². The van der Waals surface area contributed by atoms with Gasteiger partial charge in [-0.05, 0) is 18.1 Å². The zero-order valence-corrected chi connectivity index (χ0v) is 12.8. The average molecular weight is 307 g/mol. The minimum Gasteiger partial charge on any atom is -0.493 e. The molecule has 1 saturated heterocycles. The lowest BCUT2D eigenvalue weighted by Gasteiger charge is -2.23. The highest BCUT2D eigenvalue weighted by atomic mass is 16.5. The van der Waals surface area contributed by atoms with Gasteiger partial charge in [0.1, 0.15) is 6.04 Å². The number of para-hydroxylation sites is 1. The lowest BCUT2D eigenvalue weighted by molar-refractivity contribution is -0.130. The van der Waals surface area contributed by atoms with E-state index < -0.39 is 6.04 Å². The average Bonchev–Trinajstić information content (AvgIpc) is 2.54. The minimum atomic E-state index is -0.520. The molecule has 0 saturated carbocycles. The number of ether oxygens (including phenoxy) is 2. The number of hydrogen-bond acceptors (Lipinski definition) is 5. The molecule has 120 valence electrons. The first-order chi connectivity index (χ1) is 10.7. The van der Waals surface area contributed by atoms with Crippen LogP contribution < -0.4 is 25.4 Å². The number of methoxy groups -OCH3 is 2. The van der Waals surface area contributed by atoms with E-state index in [4.69, 9.17) is 9.47 Å².